The summed E-state index contributed by atoms with van der Waals surface area (Å²) < 4.78 is 0.680. The molecule has 12 heteroatoms. The van der Waals surface area contributed by atoms with Gasteiger partial charge in [0.05, 0.1) is 33.7 Å². The Morgan fingerprint density at radius 2 is 1.91 bits per heavy atom. The van der Waals surface area contributed by atoms with Gasteiger partial charge in [-0.15, -0.1) is 0 Å². The van der Waals surface area contributed by atoms with E-state index in [1.54, 1.807) is 36.5 Å². The molecule has 0 saturated carbocycles. The van der Waals surface area contributed by atoms with Crippen LogP contribution in [0.15, 0.2) is 64.9 Å². The van der Waals surface area contributed by atoms with E-state index in [1.807, 2.05) is 24.8 Å². The molecule has 2 aromatic rings. The maximum absolute atomic E-state index is 13.2. The van der Waals surface area contributed by atoms with Crippen LogP contribution in [0.3, 0.4) is 0 Å². The number of nitrogens with zero attached hydrogens (tertiary/aromatic N) is 3. The molecule has 0 spiro atoms. The molecule has 0 radical (unpaired) electrons. The summed E-state index contributed by atoms with van der Waals surface area (Å²) in [4.78, 5) is 52.6. The smallest absolute Gasteiger partial charge is 0.262 e. The monoisotopic (exact) mass is 683 g/mol. The number of likely N-dealkylation sites (N-methyl/N-ethyl adjacent to an activating group) is 1. The van der Waals surface area contributed by atoms with Gasteiger partial charge in [0.2, 0.25) is 5.91 Å². The Morgan fingerprint density at radius 3 is 2.54 bits per heavy atom. The predicted octanol–water partition coefficient (Wildman–Crippen LogP) is 3.98. The molecule has 0 aromatic heterocycles. The lowest BCUT2D eigenvalue weighted by atomic mass is 9.98. The zero-order valence-electron chi connectivity index (χ0n) is 25.7. The molecule has 0 bridgehead atoms. The minimum Gasteiger partial charge on any atom is -0.379 e. The first-order valence-electron chi connectivity index (χ1n) is 14.5. The van der Waals surface area contributed by atoms with E-state index in [4.69, 9.17) is 10.7 Å². The maximum Gasteiger partial charge on any atom is 0.262 e. The van der Waals surface area contributed by atoms with Crippen LogP contribution in [0.1, 0.15) is 53.0 Å². The van der Waals surface area contributed by atoms with Crippen molar-refractivity contribution in [2.24, 2.45) is 5.92 Å². The molecule has 236 valence electrons. The van der Waals surface area contributed by atoms with Gasteiger partial charge in [0.25, 0.3) is 11.8 Å². The lowest BCUT2D eigenvalue weighted by molar-refractivity contribution is -0.124. The number of carbonyl (C=O) groups is 4. The van der Waals surface area contributed by atoms with Crippen LogP contribution in [0.25, 0.3) is 0 Å². The van der Waals surface area contributed by atoms with Gasteiger partial charge in [0, 0.05) is 60.5 Å². The van der Waals surface area contributed by atoms with Crippen molar-refractivity contribution < 1.29 is 19.2 Å². The summed E-state index contributed by atoms with van der Waals surface area (Å²) in [6.45, 7) is 9.22. The van der Waals surface area contributed by atoms with Crippen molar-refractivity contribution in [1.82, 2.24) is 15.5 Å². The number of fused-ring (bicyclic) bond motifs is 1. The van der Waals surface area contributed by atoms with Gasteiger partial charge in [-0.1, -0.05) is 18.4 Å². The Bertz CT molecular complexity index is 1740. The summed E-state index contributed by atoms with van der Waals surface area (Å²) in [6.07, 6.45) is 3.60. The van der Waals surface area contributed by atoms with E-state index in [-0.39, 0.29) is 29.9 Å². The number of hydrogen-bond acceptors (Lipinski definition) is 9. The Kier molecular flexibility index (Phi) is 10.5. The number of amides is 3. The highest BCUT2D eigenvalue weighted by molar-refractivity contribution is 9.10. The number of anilines is 2. The second kappa shape index (κ2) is 14.3. The van der Waals surface area contributed by atoms with Crippen molar-refractivity contribution in [2.45, 2.75) is 38.3 Å². The van der Waals surface area contributed by atoms with Crippen LogP contribution in [-0.2, 0) is 9.59 Å². The zero-order valence-corrected chi connectivity index (χ0v) is 27.3. The molecular formula is C34H34BrN7O4. The number of nitrogens with one attached hydrogen (secondary N) is 4. The standard InChI is InChI=1S/C34H34BrN7O4/c1-21(40-25-10-9-24(17-37)29(35)14-25)34(2,3)39-18-22(16-36)7-8-23-19-41(20-23)26-11-12-27-28(15-26)33(46)42(32(27)45)30(6-5-13-43)31(44)38-4/h9-16,18,23,30,36,39-40H,1,5-6,19-20H2,2-4H3,(H,38,44)/b22-18-,36-16?. The lowest BCUT2D eigenvalue weighted by Crippen LogP contribution is -2.48. The number of aldehydes is 1. The SMILES string of the molecule is C=C(Nc1ccc(C#N)c(Br)c1)C(C)(C)N/C=C(/C#CC1CN(c2ccc3c(c2)C(=O)N(C(CCC=O)C(=O)NC)C3=O)C1)C=N. The van der Waals surface area contributed by atoms with E-state index in [9.17, 15) is 19.2 Å². The van der Waals surface area contributed by atoms with Crippen LogP contribution in [0, 0.1) is 34.5 Å². The van der Waals surface area contributed by atoms with E-state index >= 15 is 0 Å². The van der Waals surface area contributed by atoms with Crippen LogP contribution in [0.5, 0.6) is 0 Å². The number of carbonyl (C=O) groups excluding carboxylic acids is 4. The van der Waals surface area contributed by atoms with Gasteiger partial charge in [-0.05, 0) is 72.6 Å². The molecule has 2 aromatic carbocycles. The molecule has 1 unspecified atom stereocenters. The highest BCUT2D eigenvalue weighted by Gasteiger charge is 2.43. The number of hydrogen-bond donors (Lipinski definition) is 4. The molecule has 1 atom stereocenters. The average molecular weight is 685 g/mol. The highest BCUT2D eigenvalue weighted by atomic mass is 79.9. The fourth-order valence-corrected chi connectivity index (χ4v) is 5.40. The fourth-order valence-electron chi connectivity index (χ4n) is 4.94. The molecule has 3 amide bonds. The summed E-state index contributed by atoms with van der Waals surface area (Å²) >= 11 is 3.39. The molecule has 46 heavy (non-hydrogen) atoms. The van der Waals surface area contributed by atoms with Crippen LogP contribution in [-0.4, -0.2) is 66.8 Å². The summed E-state index contributed by atoms with van der Waals surface area (Å²) in [5.41, 5.74) is 3.09. The number of allylic oxidation sites excluding steroid dienone is 1. The van der Waals surface area contributed by atoms with Gasteiger partial charge < -0.3 is 31.1 Å². The molecule has 0 aliphatic carbocycles. The summed E-state index contributed by atoms with van der Waals surface area (Å²) in [7, 11) is 1.42. The predicted molar refractivity (Wildman–Crippen MR) is 179 cm³/mol. The Morgan fingerprint density at radius 1 is 1.20 bits per heavy atom. The van der Waals surface area contributed by atoms with Crippen LogP contribution >= 0.6 is 15.9 Å². The van der Waals surface area contributed by atoms with E-state index < -0.39 is 29.3 Å². The Labute approximate surface area is 276 Å². The maximum atomic E-state index is 13.2. The zero-order chi connectivity index (χ0) is 33.6. The van der Waals surface area contributed by atoms with Crippen LogP contribution < -0.4 is 20.9 Å². The van der Waals surface area contributed by atoms with Crippen molar-refractivity contribution in [3.8, 4) is 17.9 Å². The highest BCUT2D eigenvalue weighted by Crippen LogP contribution is 2.32. The second-order valence-corrected chi connectivity index (χ2v) is 12.2. The quantitative estimate of drug-likeness (QED) is 0.113. The van der Waals surface area contributed by atoms with Crippen molar-refractivity contribution in [3.63, 3.8) is 0 Å². The van der Waals surface area contributed by atoms with Crippen molar-refractivity contribution in [3.05, 3.63) is 81.6 Å². The Hall–Kier alpha value is -5.20. The average Bonchev–Trinajstić information content (AvgIpc) is 3.26. The summed E-state index contributed by atoms with van der Waals surface area (Å²) in [5, 5.41) is 25.9. The number of rotatable bonds is 12. The fraction of sp³-hybridized carbons (Fsp3) is 0.294. The molecule has 1 saturated heterocycles. The first-order chi connectivity index (χ1) is 21.9. The van der Waals surface area contributed by atoms with Gasteiger partial charge in [-0.3, -0.25) is 19.3 Å². The second-order valence-electron chi connectivity index (χ2n) is 11.4. The third-order valence-corrected chi connectivity index (χ3v) is 8.53. The number of benzene rings is 2. The number of nitriles is 1. The molecular weight excluding hydrogens is 650 g/mol. The van der Waals surface area contributed by atoms with Gasteiger partial charge in [0.1, 0.15) is 18.4 Å². The third-order valence-electron chi connectivity index (χ3n) is 7.87. The molecule has 11 nitrogen and oxygen atoms in total. The van der Waals surface area contributed by atoms with Crippen molar-refractivity contribution in [2.75, 3.05) is 30.4 Å². The van der Waals surface area contributed by atoms with E-state index in [2.05, 4.69) is 56.4 Å². The van der Waals surface area contributed by atoms with E-state index in [0.29, 0.717) is 40.7 Å². The van der Waals surface area contributed by atoms with Crippen molar-refractivity contribution in [1.29, 1.82) is 10.7 Å². The Balaban J connectivity index is 1.37. The molecule has 2 aliphatic heterocycles. The molecule has 2 aliphatic rings. The lowest BCUT2D eigenvalue weighted by Gasteiger charge is -2.38. The van der Waals surface area contributed by atoms with Gasteiger partial charge >= 0.3 is 0 Å². The van der Waals surface area contributed by atoms with E-state index in [1.165, 1.54) is 13.3 Å². The van der Waals surface area contributed by atoms with Gasteiger partial charge in [-0.25, -0.2) is 0 Å². The summed E-state index contributed by atoms with van der Waals surface area (Å²) in [5.74, 6) is 4.67. The number of imide groups is 1. The minimum atomic E-state index is -1.06. The topological polar surface area (TPSA) is 158 Å². The number of halogens is 1. The van der Waals surface area contributed by atoms with Gasteiger partial charge in [-0.2, -0.15) is 5.26 Å². The minimum absolute atomic E-state index is 0.0332. The van der Waals surface area contributed by atoms with E-state index in [0.717, 1.165) is 16.3 Å². The van der Waals surface area contributed by atoms with Crippen molar-refractivity contribution >= 4 is 57.5 Å². The van der Waals surface area contributed by atoms with Crippen LogP contribution in [0.4, 0.5) is 11.4 Å². The third kappa shape index (κ3) is 7.19. The first-order valence-corrected chi connectivity index (χ1v) is 15.3. The molecule has 2 heterocycles. The molecule has 4 N–H and O–H groups in total. The normalized spacial score (nSPS) is 15.1. The molecule has 1 fully saturated rings. The van der Waals surface area contributed by atoms with Gasteiger partial charge in [0.15, 0.2) is 0 Å². The molecule has 4 rings (SSSR count). The first kappa shape index (κ1) is 33.7. The van der Waals surface area contributed by atoms with Crippen LogP contribution in [0.2, 0.25) is 0 Å². The largest absolute Gasteiger partial charge is 0.379 e. The summed E-state index contributed by atoms with van der Waals surface area (Å²) in [6, 6.07) is 11.4.